The van der Waals surface area contributed by atoms with Gasteiger partial charge in [0.2, 0.25) is 0 Å². The third kappa shape index (κ3) is 14.4. The summed E-state index contributed by atoms with van der Waals surface area (Å²) in [5, 5.41) is -11.0. The minimum atomic E-state index is -6.16. The lowest BCUT2D eigenvalue weighted by Crippen LogP contribution is -2.40. The van der Waals surface area contributed by atoms with Crippen molar-refractivity contribution >= 4 is 40.5 Å². The molecule has 292 valence electrons. The molecule has 0 aliphatic heterocycles. The molecular weight excluding hydrogens is 816 g/mol. The zero-order valence-electron chi connectivity index (χ0n) is 22.7. The van der Waals surface area contributed by atoms with Crippen molar-refractivity contribution in [3.63, 3.8) is 0 Å². The molecular formula is C16H20F16O12S4. The lowest BCUT2D eigenvalue weighted by Gasteiger charge is -2.21. The average molecular weight is 837 g/mol. The summed E-state index contributed by atoms with van der Waals surface area (Å²) in [5.74, 6) is 0. The van der Waals surface area contributed by atoms with Gasteiger partial charge in [0.1, 0.15) is 0 Å². The average Bonchev–Trinajstić information content (AvgIpc) is 2.88. The second kappa shape index (κ2) is 17.6. The Balaban J connectivity index is 0. The number of hydrogen-bond acceptors (Lipinski definition) is 12. The van der Waals surface area contributed by atoms with Gasteiger partial charge in [0, 0.05) is 6.42 Å². The summed E-state index contributed by atoms with van der Waals surface area (Å²) < 4.78 is 296. The van der Waals surface area contributed by atoms with Gasteiger partial charge in [0.05, 0.1) is 13.2 Å². The van der Waals surface area contributed by atoms with E-state index in [0.717, 1.165) is 0 Å². The lowest BCUT2D eigenvalue weighted by molar-refractivity contribution is -0.161. The second-order valence-corrected chi connectivity index (χ2v) is 14.7. The first-order valence-corrected chi connectivity index (χ1v) is 17.2. The van der Waals surface area contributed by atoms with Crippen LogP contribution in [0, 0.1) is 0 Å². The van der Waals surface area contributed by atoms with Gasteiger partial charge in [-0.1, -0.05) is 13.3 Å². The Labute approximate surface area is 260 Å². The van der Waals surface area contributed by atoms with Crippen LogP contribution in [0.1, 0.15) is 32.6 Å². The van der Waals surface area contributed by atoms with E-state index in [-0.39, 0.29) is 6.42 Å². The maximum Gasteiger partial charge on any atom is 0.436 e. The van der Waals surface area contributed by atoms with Gasteiger partial charge in [0.15, 0.2) is 6.29 Å². The van der Waals surface area contributed by atoms with Crippen LogP contribution in [0.5, 0.6) is 0 Å². The molecule has 2 unspecified atom stereocenters. The highest BCUT2D eigenvalue weighted by Crippen LogP contribution is 2.33. The fourth-order valence-corrected chi connectivity index (χ4v) is 5.18. The summed E-state index contributed by atoms with van der Waals surface area (Å²) in [6.45, 7) is -1.08. The molecule has 0 bridgehead atoms. The first kappa shape index (κ1) is 48.6. The Hall–Kier alpha value is -1.48. The Morgan fingerprint density at radius 1 is 0.521 bits per heavy atom. The lowest BCUT2D eigenvalue weighted by atomic mass is 10.3. The van der Waals surface area contributed by atoms with Crippen molar-refractivity contribution in [3.05, 3.63) is 0 Å². The highest BCUT2D eigenvalue weighted by Gasteiger charge is 2.57. The summed E-state index contributed by atoms with van der Waals surface area (Å²) in [6, 6.07) is 0. The van der Waals surface area contributed by atoms with E-state index in [9.17, 15) is 104 Å². The van der Waals surface area contributed by atoms with Crippen LogP contribution in [-0.2, 0) is 57.2 Å². The maximum atomic E-state index is 12.8. The molecule has 32 heteroatoms. The number of rotatable bonds is 19. The van der Waals surface area contributed by atoms with Crippen molar-refractivity contribution in [3.8, 4) is 0 Å². The Kier molecular flexibility index (Phi) is 17.9. The fourth-order valence-electron chi connectivity index (χ4n) is 1.99. The van der Waals surface area contributed by atoms with Crippen molar-refractivity contribution in [1.29, 1.82) is 0 Å². The predicted molar refractivity (Wildman–Crippen MR) is 121 cm³/mol. The molecule has 0 aromatic heterocycles. The number of unbranched alkanes of at least 4 members (excludes halogenated alkanes) is 1. The Morgan fingerprint density at radius 3 is 1.00 bits per heavy atom. The van der Waals surface area contributed by atoms with Gasteiger partial charge in [-0.05, 0) is 12.8 Å². The molecule has 0 aromatic rings. The van der Waals surface area contributed by atoms with Crippen LogP contribution in [0.3, 0.4) is 0 Å². The van der Waals surface area contributed by atoms with Crippen molar-refractivity contribution < 1.29 is 121 Å². The highest BCUT2D eigenvalue weighted by molar-refractivity contribution is 7.88. The van der Waals surface area contributed by atoms with Crippen LogP contribution < -0.4 is 0 Å². The zero-order chi connectivity index (χ0) is 39.0. The van der Waals surface area contributed by atoms with Gasteiger partial charge in [-0.3, -0.25) is 8.37 Å². The topological polar surface area (TPSA) is 173 Å². The molecule has 0 heterocycles. The Morgan fingerprint density at radius 2 is 0.792 bits per heavy atom. The number of alkyl halides is 16. The zero-order valence-corrected chi connectivity index (χ0v) is 26.0. The first-order chi connectivity index (χ1) is 21.0. The van der Waals surface area contributed by atoms with Gasteiger partial charge < -0.3 is 0 Å². The van der Waals surface area contributed by atoms with Gasteiger partial charge in [-0.2, -0.15) is 77.6 Å². The van der Waals surface area contributed by atoms with E-state index in [1.165, 1.54) is 6.92 Å². The summed E-state index contributed by atoms with van der Waals surface area (Å²) >= 11 is 0. The fraction of sp³-hybridized carbons (Fsp3) is 1.00. The maximum absolute atomic E-state index is 12.8. The normalized spacial score (nSPS) is 16.4. The van der Waals surface area contributed by atoms with Crippen molar-refractivity contribution in [2.75, 3.05) is 13.2 Å². The predicted octanol–water partition coefficient (Wildman–Crippen LogP) is 4.70. The van der Waals surface area contributed by atoms with E-state index in [1.807, 2.05) is 0 Å². The Bertz CT molecular complexity index is 1320. The van der Waals surface area contributed by atoms with E-state index >= 15 is 0 Å². The molecule has 0 amide bonds. The second-order valence-electron chi connectivity index (χ2n) is 8.10. The van der Waals surface area contributed by atoms with Crippen LogP contribution in [0.25, 0.3) is 0 Å². The molecule has 0 fully saturated rings. The van der Waals surface area contributed by atoms with Crippen molar-refractivity contribution in [2.24, 2.45) is 0 Å². The van der Waals surface area contributed by atoms with Crippen molar-refractivity contribution in [1.82, 2.24) is 0 Å². The van der Waals surface area contributed by atoms with Crippen LogP contribution in [0.4, 0.5) is 70.2 Å². The van der Waals surface area contributed by atoms with Crippen LogP contribution >= 0.6 is 0 Å². The van der Waals surface area contributed by atoms with Gasteiger partial charge in [-0.15, -0.1) is 0 Å². The molecule has 0 radical (unpaired) electrons. The monoisotopic (exact) mass is 836 g/mol. The van der Waals surface area contributed by atoms with E-state index in [2.05, 4.69) is 16.7 Å². The molecule has 12 nitrogen and oxygen atoms in total. The summed E-state index contributed by atoms with van der Waals surface area (Å²) in [6.07, 6.45) is -26.2. The molecule has 2 atom stereocenters. The smallest absolute Gasteiger partial charge is 0.265 e. The SMILES string of the molecule is CCCC(OS(=O)(=O)C(F)C(F)(F)F)OS(=O)(=O)C(F)C(F)(F)F.O=S(=O)(OCCCCOS(=O)(=O)C(F)(F)C(F)F)C(F)(F)C(F)F. The van der Waals surface area contributed by atoms with Gasteiger partial charge >= 0.3 is 87.2 Å². The van der Waals surface area contributed by atoms with E-state index in [1.54, 1.807) is 0 Å². The van der Waals surface area contributed by atoms with E-state index in [4.69, 9.17) is 0 Å². The highest BCUT2D eigenvalue weighted by atomic mass is 32.2. The third-order valence-corrected chi connectivity index (χ3v) is 9.38. The van der Waals surface area contributed by atoms with Crippen LogP contribution in [-0.4, -0.2) is 99.9 Å². The summed E-state index contributed by atoms with van der Waals surface area (Å²) in [4.78, 5) is 0. The van der Waals surface area contributed by atoms with Crippen LogP contribution in [0.15, 0.2) is 0 Å². The number of hydrogen-bond donors (Lipinski definition) is 0. The first-order valence-electron chi connectivity index (χ1n) is 11.4. The summed E-state index contributed by atoms with van der Waals surface area (Å²) in [5.41, 5.74) is -9.22. The molecule has 0 rings (SSSR count). The summed E-state index contributed by atoms with van der Waals surface area (Å²) in [7, 11) is -24.3. The largest absolute Gasteiger partial charge is 0.436 e. The molecule has 0 N–H and O–H groups in total. The quantitative estimate of drug-likeness (QED) is 0.0762. The number of halogens is 16. The minimum absolute atomic E-state index is 0.276. The van der Waals surface area contributed by atoms with E-state index < -0.39 is 126 Å². The minimum Gasteiger partial charge on any atom is -0.265 e. The molecule has 0 saturated heterocycles. The van der Waals surface area contributed by atoms with Gasteiger partial charge in [0.25, 0.3) is 0 Å². The standard InChI is InChI=1S/2C8H10F8O6S2/c1-2-3-4(21-23(17,18)5(9)7(11,12)13)22-24(19,20)6(10)8(14,15)16;9-5(10)7(13,14)23(17,18)21-3-1-2-4-22-24(19,20)8(15,16)6(11)12/h4-6H,2-3H2,1H3;5-6H,1-4H2. The van der Waals surface area contributed by atoms with Crippen LogP contribution in [0.2, 0.25) is 0 Å². The molecule has 0 aliphatic carbocycles. The van der Waals surface area contributed by atoms with Crippen molar-refractivity contribution in [2.45, 2.75) is 85.6 Å². The molecule has 0 saturated carbocycles. The molecule has 0 spiro atoms. The van der Waals surface area contributed by atoms with Gasteiger partial charge in [-0.25, -0.2) is 34.7 Å². The molecule has 48 heavy (non-hydrogen) atoms. The molecule has 0 aliphatic rings. The third-order valence-electron chi connectivity index (χ3n) is 4.22. The van der Waals surface area contributed by atoms with E-state index in [0.29, 0.717) is 0 Å². The molecule has 0 aromatic carbocycles.